The molecule has 2 aromatic carbocycles. The van der Waals surface area contributed by atoms with Crippen LogP contribution in [0.4, 0.5) is 32.3 Å². The van der Waals surface area contributed by atoms with E-state index in [-0.39, 0.29) is 38.4 Å². The highest BCUT2D eigenvalue weighted by Crippen LogP contribution is 2.49. The fraction of sp³-hybridized carbons (Fsp3) is 0.304. The topological polar surface area (TPSA) is 81.4 Å². The lowest BCUT2D eigenvalue weighted by Gasteiger charge is -2.29. The Labute approximate surface area is 221 Å². The van der Waals surface area contributed by atoms with Crippen molar-refractivity contribution in [2.75, 3.05) is 5.32 Å². The number of hydrogen-bond donors (Lipinski definition) is 1. The van der Waals surface area contributed by atoms with E-state index >= 15 is 0 Å². The number of benzene rings is 2. The molecular weight excluding hydrogens is 563 g/mol. The zero-order valence-electron chi connectivity index (χ0n) is 19.5. The van der Waals surface area contributed by atoms with Crippen molar-refractivity contribution in [3.8, 4) is 0 Å². The number of amides is 1. The van der Waals surface area contributed by atoms with Gasteiger partial charge < -0.3 is 4.84 Å². The second-order valence-corrected chi connectivity index (χ2v) is 9.41. The summed E-state index contributed by atoms with van der Waals surface area (Å²) >= 11 is 11.8. The fourth-order valence-corrected chi connectivity index (χ4v) is 4.44. The molecule has 1 amide bonds. The number of aryl methyl sites for hydroxylation is 2. The van der Waals surface area contributed by atoms with Crippen molar-refractivity contribution in [1.82, 2.24) is 14.8 Å². The van der Waals surface area contributed by atoms with Gasteiger partial charge in [-0.1, -0.05) is 34.4 Å². The van der Waals surface area contributed by atoms with Crippen LogP contribution in [-0.2, 0) is 23.9 Å². The van der Waals surface area contributed by atoms with Crippen molar-refractivity contribution in [3.05, 3.63) is 74.5 Å². The minimum atomic E-state index is -4.87. The maximum Gasteiger partial charge on any atom is 0.435 e. The van der Waals surface area contributed by atoms with Gasteiger partial charge in [-0.2, -0.15) is 31.3 Å². The molecule has 3 aromatic rings. The Morgan fingerprint density at radius 3 is 2.34 bits per heavy atom. The third-order valence-electron chi connectivity index (χ3n) is 5.76. The number of anilines is 1. The highest BCUT2D eigenvalue weighted by Gasteiger charge is 2.62. The average molecular weight is 580 g/mol. The molecule has 7 nitrogen and oxygen atoms in total. The molecule has 0 spiro atoms. The molecule has 2 heterocycles. The first kappa shape index (κ1) is 27.7. The van der Waals surface area contributed by atoms with E-state index in [0.717, 1.165) is 16.8 Å². The summed E-state index contributed by atoms with van der Waals surface area (Å²) in [6, 6.07) is 7.65. The van der Waals surface area contributed by atoms with Crippen molar-refractivity contribution < 1.29 is 36.0 Å². The number of aromatic nitrogens is 3. The van der Waals surface area contributed by atoms with Crippen LogP contribution < -0.4 is 5.32 Å². The van der Waals surface area contributed by atoms with E-state index in [4.69, 9.17) is 28.0 Å². The quantitative estimate of drug-likeness (QED) is 0.356. The summed E-state index contributed by atoms with van der Waals surface area (Å²) in [7, 11) is 1.26. The van der Waals surface area contributed by atoms with E-state index in [1.165, 1.54) is 38.2 Å². The summed E-state index contributed by atoms with van der Waals surface area (Å²) in [5.74, 6) is -1.45. The van der Waals surface area contributed by atoms with Gasteiger partial charge in [0.2, 0.25) is 5.95 Å². The number of carbonyl (C=O) groups is 1. The molecule has 1 unspecified atom stereocenters. The van der Waals surface area contributed by atoms with Gasteiger partial charge >= 0.3 is 12.4 Å². The molecular formula is C23H17Cl2F6N5O2. The minimum Gasteiger partial charge on any atom is -0.374 e. The zero-order valence-corrected chi connectivity index (χ0v) is 21.0. The number of nitrogens with zero attached hydrogens (tertiary/aromatic N) is 4. The van der Waals surface area contributed by atoms with Crippen molar-refractivity contribution in [1.29, 1.82) is 0 Å². The first-order chi connectivity index (χ1) is 17.6. The molecule has 1 atom stereocenters. The van der Waals surface area contributed by atoms with Gasteiger partial charge in [-0.05, 0) is 48.4 Å². The largest absolute Gasteiger partial charge is 0.435 e. The number of oxime groups is 1. The first-order valence-electron chi connectivity index (χ1n) is 10.8. The molecule has 38 heavy (non-hydrogen) atoms. The number of halogens is 8. The third-order valence-corrected chi connectivity index (χ3v) is 6.19. The molecule has 0 radical (unpaired) electrons. The van der Waals surface area contributed by atoms with Gasteiger partial charge in [0, 0.05) is 34.6 Å². The monoisotopic (exact) mass is 579 g/mol. The van der Waals surface area contributed by atoms with Crippen LogP contribution in [0.3, 0.4) is 0 Å². The van der Waals surface area contributed by atoms with Crippen LogP contribution in [0, 0.1) is 6.92 Å². The first-order valence-corrected chi connectivity index (χ1v) is 11.5. The summed E-state index contributed by atoms with van der Waals surface area (Å²) in [6.07, 6.45) is -11.4. The fourth-order valence-electron chi connectivity index (χ4n) is 3.92. The molecule has 1 aliphatic rings. The summed E-state index contributed by atoms with van der Waals surface area (Å²) < 4.78 is 81.5. The van der Waals surface area contributed by atoms with Crippen LogP contribution in [0.1, 0.15) is 39.3 Å². The van der Waals surface area contributed by atoms with E-state index in [1.807, 2.05) is 0 Å². The number of carbonyl (C=O) groups excluding carboxylic acids is 1. The van der Waals surface area contributed by atoms with E-state index in [2.05, 4.69) is 20.6 Å². The summed E-state index contributed by atoms with van der Waals surface area (Å²) in [5, 5.41) is 9.75. The highest BCUT2D eigenvalue weighted by molar-refractivity contribution is 6.34. The Balaban J connectivity index is 1.55. The van der Waals surface area contributed by atoms with Gasteiger partial charge in [0.1, 0.15) is 12.2 Å². The Morgan fingerprint density at radius 2 is 1.76 bits per heavy atom. The molecule has 1 aromatic heterocycles. The Kier molecular flexibility index (Phi) is 7.12. The Morgan fingerprint density at radius 1 is 1.11 bits per heavy atom. The lowest BCUT2D eigenvalue weighted by molar-refractivity contribution is -0.275. The van der Waals surface area contributed by atoms with Crippen LogP contribution in [0.25, 0.3) is 0 Å². The number of hydrogen-bond acceptors (Lipinski definition) is 5. The smallest absolute Gasteiger partial charge is 0.374 e. The van der Waals surface area contributed by atoms with E-state index in [0.29, 0.717) is 5.56 Å². The number of nitrogens with one attached hydrogen (secondary N) is 1. The summed E-state index contributed by atoms with van der Waals surface area (Å²) in [5.41, 5.74) is -2.45. The SMILES string of the molecule is Cc1cc(C2=NOC(c3cc(Cl)cc(Cl)c3)(C(F)(F)F)C2)ccc1C(=O)Nc1nc(CC(F)(F)F)n(C)n1. The lowest BCUT2D eigenvalue weighted by atomic mass is 9.86. The number of rotatable bonds is 5. The van der Waals surface area contributed by atoms with Crippen molar-refractivity contribution in [3.63, 3.8) is 0 Å². The molecule has 0 saturated heterocycles. The van der Waals surface area contributed by atoms with Gasteiger partial charge in [-0.15, -0.1) is 5.10 Å². The molecule has 0 saturated carbocycles. The van der Waals surface area contributed by atoms with E-state index in [9.17, 15) is 31.1 Å². The Bertz CT molecular complexity index is 1420. The second-order valence-electron chi connectivity index (χ2n) is 8.54. The van der Waals surface area contributed by atoms with Crippen LogP contribution in [0.15, 0.2) is 41.6 Å². The molecule has 0 bridgehead atoms. The normalized spacial score (nSPS) is 17.8. The molecule has 1 aliphatic heterocycles. The van der Waals surface area contributed by atoms with Crippen LogP contribution in [0.5, 0.6) is 0 Å². The highest BCUT2D eigenvalue weighted by atomic mass is 35.5. The van der Waals surface area contributed by atoms with Gasteiger partial charge in [0.05, 0.1) is 5.71 Å². The molecule has 202 valence electrons. The maximum absolute atomic E-state index is 14.2. The lowest BCUT2D eigenvalue weighted by Crippen LogP contribution is -2.42. The average Bonchev–Trinajstić information content (AvgIpc) is 3.36. The van der Waals surface area contributed by atoms with Gasteiger partial charge in [-0.3, -0.25) is 14.8 Å². The molecule has 0 fully saturated rings. The summed E-state index contributed by atoms with van der Waals surface area (Å²) in [4.78, 5) is 21.4. The molecule has 0 aliphatic carbocycles. The van der Waals surface area contributed by atoms with Crippen molar-refractivity contribution in [2.45, 2.75) is 37.7 Å². The predicted molar refractivity (Wildman–Crippen MR) is 126 cm³/mol. The predicted octanol–water partition coefficient (Wildman–Crippen LogP) is 6.37. The van der Waals surface area contributed by atoms with Crippen molar-refractivity contribution >= 4 is 40.8 Å². The van der Waals surface area contributed by atoms with Crippen LogP contribution >= 0.6 is 23.2 Å². The zero-order chi connectivity index (χ0) is 28.0. The minimum absolute atomic E-state index is 0.00712. The molecule has 1 N–H and O–H groups in total. The van der Waals surface area contributed by atoms with Gasteiger partial charge in [0.15, 0.2) is 0 Å². The standard InChI is InChI=1S/C23H17Cl2F6N5O2/c1-11-5-12(3-4-16(11)19(37)33-20-32-18(36(2)34-20)10-22(26,27)28)17-9-21(38-35-17,23(29,30)31)13-6-14(24)8-15(25)7-13/h3-8H,9-10H2,1-2H3,(H,33,34,37). The molecule has 4 rings (SSSR count). The van der Waals surface area contributed by atoms with Crippen LogP contribution in [0.2, 0.25) is 10.0 Å². The summed E-state index contributed by atoms with van der Waals surface area (Å²) in [6.45, 7) is 1.53. The van der Waals surface area contributed by atoms with E-state index < -0.39 is 42.5 Å². The van der Waals surface area contributed by atoms with Crippen LogP contribution in [-0.4, -0.2) is 38.7 Å². The van der Waals surface area contributed by atoms with Gasteiger partial charge in [0.25, 0.3) is 11.5 Å². The van der Waals surface area contributed by atoms with Gasteiger partial charge in [-0.25, -0.2) is 0 Å². The second kappa shape index (κ2) is 9.77. The number of alkyl halides is 6. The Hall–Kier alpha value is -3.32. The third kappa shape index (κ3) is 5.58. The van der Waals surface area contributed by atoms with E-state index in [1.54, 1.807) is 0 Å². The van der Waals surface area contributed by atoms with Crippen molar-refractivity contribution in [2.24, 2.45) is 12.2 Å². The molecule has 15 heteroatoms. The maximum atomic E-state index is 14.2.